The largest absolute Gasteiger partial charge is 0.494 e. The molecule has 0 bridgehead atoms. The maximum absolute atomic E-state index is 14.9. The molecular weight excluding hydrogens is 503 g/mol. The molecule has 5 aromatic rings. The smallest absolute Gasteiger partial charge is 0.307 e. The van der Waals surface area contributed by atoms with E-state index in [0.717, 1.165) is 34.5 Å². The van der Waals surface area contributed by atoms with Crippen molar-refractivity contribution in [1.82, 2.24) is 20.2 Å². The standard InChI is InChI=1S/C21H15FN4O5S3/c1-34(29,30)17(19-26-25-15(31-19)9-14-18(27)24-21(28)33-14)20-23-16-12(22)7-11(8-13(16)32-20)10-5-3-2-4-6-10/h2-8,17,27H,9H2,1H3,(H,24,28). The Bertz CT molecular complexity index is 1670. The highest BCUT2D eigenvalue weighted by Gasteiger charge is 2.34. The number of benzene rings is 2. The van der Waals surface area contributed by atoms with E-state index in [2.05, 4.69) is 20.2 Å². The summed E-state index contributed by atoms with van der Waals surface area (Å²) >= 11 is 1.80. The first-order chi connectivity index (χ1) is 16.2. The van der Waals surface area contributed by atoms with Gasteiger partial charge in [-0.15, -0.1) is 21.5 Å². The number of thiazole rings is 2. The maximum atomic E-state index is 14.9. The Hall–Kier alpha value is -3.42. The monoisotopic (exact) mass is 518 g/mol. The van der Waals surface area contributed by atoms with Gasteiger partial charge in [0.15, 0.2) is 20.9 Å². The molecule has 2 N–H and O–H groups in total. The van der Waals surface area contributed by atoms with Crippen LogP contribution in [0.4, 0.5) is 4.39 Å². The number of nitrogens with one attached hydrogen (secondary N) is 1. The normalized spacial score (nSPS) is 12.9. The summed E-state index contributed by atoms with van der Waals surface area (Å²) in [5.41, 5.74) is 1.51. The lowest BCUT2D eigenvalue weighted by molar-refractivity contribution is 0.438. The number of hydrogen-bond donors (Lipinski definition) is 2. The van der Waals surface area contributed by atoms with Crippen molar-refractivity contribution >= 4 is 42.7 Å². The summed E-state index contributed by atoms with van der Waals surface area (Å²) in [7, 11) is -3.83. The van der Waals surface area contributed by atoms with Crippen molar-refractivity contribution in [2.24, 2.45) is 0 Å². The average molecular weight is 519 g/mol. The van der Waals surface area contributed by atoms with Crippen molar-refractivity contribution in [1.29, 1.82) is 0 Å². The number of H-pyrrole nitrogens is 1. The van der Waals surface area contributed by atoms with Gasteiger partial charge < -0.3 is 9.52 Å². The fraction of sp³-hybridized carbons (Fsp3) is 0.143. The molecule has 0 amide bonds. The summed E-state index contributed by atoms with van der Waals surface area (Å²) < 4.78 is 46.3. The highest BCUT2D eigenvalue weighted by atomic mass is 32.2. The Morgan fingerprint density at radius 1 is 1.15 bits per heavy atom. The summed E-state index contributed by atoms with van der Waals surface area (Å²) in [6.07, 6.45) is 0.941. The SMILES string of the molecule is CS(=O)(=O)C(c1nnc(Cc2sc(=O)[nH]c2O)o1)c1nc2c(F)cc(-c3ccccc3)cc2s1. The highest BCUT2D eigenvalue weighted by Crippen LogP contribution is 2.37. The van der Waals surface area contributed by atoms with Gasteiger partial charge in [-0.25, -0.2) is 17.8 Å². The van der Waals surface area contributed by atoms with Gasteiger partial charge in [0.2, 0.25) is 17.7 Å². The van der Waals surface area contributed by atoms with Crippen molar-refractivity contribution in [2.45, 2.75) is 11.7 Å². The Morgan fingerprint density at radius 2 is 1.91 bits per heavy atom. The second kappa shape index (κ2) is 8.42. The fourth-order valence-corrected chi connectivity index (χ4v) is 6.70. The van der Waals surface area contributed by atoms with E-state index >= 15 is 0 Å². The van der Waals surface area contributed by atoms with Crippen LogP contribution in [0.15, 0.2) is 51.7 Å². The van der Waals surface area contributed by atoms with Gasteiger partial charge in [0.1, 0.15) is 10.5 Å². The minimum Gasteiger partial charge on any atom is -0.494 e. The van der Waals surface area contributed by atoms with Gasteiger partial charge in [-0.1, -0.05) is 41.7 Å². The lowest BCUT2D eigenvalue weighted by atomic mass is 10.1. The first-order valence-corrected chi connectivity index (χ1v) is 13.4. The Labute approximate surface area is 199 Å². The minimum absolute atomic E-state index is 0.00727. The Balaban J connectivity index is 1.55. The third kappa shape index (κ3) is 4.24. The number of halogens is 1. The van der Waals surface area contributed by atoms with Crippen molar-refractivity contribution in [3.8, 4) is 17.0 Å². The van der Waals surface area contributed by atoms with E-state index in [0.29, 0.717) is 10.3 Å². The first kappa shape index (κ1) is 22.4. The molecule has 1 atom stereocenters. The molecule has 9 nitrogen and oxygen atoms in total. The second-order valence-corrected chi connectivity index (χ2v) is 11.7. The van der Waals surface area contributed by atoms with E-state index in [4.69, 9.17) is 4.42 Å². The lowest BCUT2D eigenvalue weighted by Crippen LogP contribution is -2.13. The fourth-order valence-electron chi connectivity index (χ4n) is 3.44. The van der Waals surface area contributed by atoms with Crippen molar-refractivity contribution in [2.75, 3.05) is 6.26 Å². The van der Waals surface area contributed by atoms with E-state index in [1.165, 1.54) is 6.07 Å². The van der Waals surface area contributed by atoms with E-state index in [-0.39, 0.29) is 39.5 Å². The number of sulfone groups is 1. The molecule has 0 spiro atoms. The summed E-state index contributed by atoms with van der Waals surface area (Å²) in [5, 5.41) is 16.2. The zero-order valence-electron chi connectivity index (χ0n) is 17.4. The van der Waals surface area contributed by atoms with Crippen molar-refractivity contribution in [3.63, 3.8) is 0 Å². The highest BCUT2D eigenvalue weighted by molar-refractivity contribution is 7.91. The van der Waals surface area contributed by atoms with Gasteiger partial charge in [-0.3, -0.25) is 9.78 Å². The van der Waals surface area contributed by atoms with Crippen LogP contribution in [-0.4, -0.2) is 39.9 Å². The Kier molecular flexibility index (Phi) is 5.54. The quantitative estimate of drug-likeness (QED) is 0.347. The maximum Gasteiger partial charge on any atom is 0.307 e. The molecule has 2 aromatic carbocycles. The molecule has 0 saturated carbocycles. The number of fused-ring (bicyclic) bond motifs is 1. The first-order valence-electron chi connectivity index (χ1n) is 9.76. The molecule has 0 fully saturated rings. The molecule has 1 unspecified atom stereocenters. The Morgan fingerprint density at radius 3 is 2.59 bits per heavy atom. The molecule has 3 aromatic heterocycles. The van der Waals surface area contributed by atoms with Crippen LogP contribution in [0.25, 0.3) is 21.3 Å². The summed E-state index contributed by atoms with van der Waals surface area (Å²) in [5.74, 6) is -1.11. The van der Waals surface area contributed by atoms with E-state index in [9.17, 15) is 22.7 Å². The number of aromatic amines is 1. The zero-order chi connectivity index (χ0) is 24.0. The predicted octanol–water partition coefficient (Wildman–Crippen LogP) is 3.67. The van der Waals surface area contributed by atoms with Crippen LogP contribution < -0.4 is 4.87 Å². The number of aromatic hydroxyl groups is 1. The number of hydrogen-bond acceptors (Lipinski definition) is 10. The molecule has 34 heavy (non-hydrogen) atoms. The van der Waals surface area contributed by atoms with Gasteiger partial charge >= 0.3 is 4.87 Å². The molecule has 3 heterocycles. The molecule has 0 radical (unpaired) electrons. The molecule has 0 aliphatic carbocycles. The summed E-state index contributed by atoms with van der Waals surface area (Å²) in [6.45, 7) is 0. The molecule has 0 aliphatic rings. The van der Waals surface area contributed by atoms with Gasteiger partial charge in [-0.05, 0) is 23.3 Å². The van der Waals surface area contributed by atoms with Gasteiger partial charge in [-0.2, -0.15) is 0 Å². The zero-order valence-corrected chi connectivity index (χ0v) is 19.8. The van der Waals surface area contributed by atoms with Gasteiger partial charge in [0.25, 0.3) is 0 Å². The third-order valence-corrected chi connectivity index (χ3v) is 8.31. The van der Waals surface area contributed by atoms with Crippen molar-refractivity contribution < 1.29 is 22.3 Å². The lowest BCUT2D eigenvalue weighted by Gasteiger charge is -2.07. The van der Waals surface area contributed by atoms with Crippen LogP contribution in [0, 0.1) is 5.82 Å². The third-order valence-electron chi connectivity index (χ3n) is 4.94. The van der Waals surface area contributed by atoms with Crippen LogP contribution in [0.5, 0.6) is 5.88 Å². The van der Waals surface area contributed by atoms with Gasteiger partial charge in [0.05, 0.1) is 16.0 Å². The van der Waals surface area contributed by atoms with Crippen LogP contribution in [-0.2, 0) is 16.3 Å². The van der Waals surface area contributed by atoms with Crippen molar-refractivity contribution in [3.05, 3.63) is 79.6 Å². The average Bonchev–Trinajstić information content (AvgIpc) is 3.48. The molecule has 0 saturated heterocycles. The van der Waals surface area contributed by atoms with E-state index in [1.54, 1.807) is 6.07 Å². The van der Waals surface area contributed by atoms with E-state index < -0.39 is 25.8 Å². The number of rotatable bonds is 6. The number of aromatic nitrogens is 4. The van der Waals surface area contributed by atoms with Crippen LogP contribution >= 0.6 is 22.7 Å². The second-order valence-electron chi connectivity index (χ2n) is 7.43. The summed E-state index contributed by atoms with van der Waals surface area (Å²) in [6, 6.07) is 12.3. The van der Waals surface area contributed by atoms with Gasteiger partial charge in [0, 0.05) is 6.26 Å². The number of nitrogens with zero attached hydrogens (tertiary/aromatic N) is 3. The van der Waals surface area contributed by atoms with Crippen LogP contribution in [0.2, 0.25) is 0 Å². The molecule has 5 rings (SSSR count). The minimum atomic E-state index is -3.83. The van der Waals surface area contributed by atoms with Crippen LogP contribution in [0.3, 0.4) is 0 Å². The topological polar surface area (TPSA) is 139 Å². The molecule has 0 aliphatic heterocycles. The molecular formula is C21H15FN4O5S3. The molecule has 174 valence electrons. The summed E-state index contributed by atoms with van der Waals surface area (Å²) in [4.78, 5) is 17.7. The predicted molar refractivity (Wildman–Crippen MR) is 125 cm³/mol. The molecule has 13 heteroatoms. The van der Waals surface area contributed by atoms with E-state index in [1.807, 2.05) is 30.3 Å². The van der Waals surface area contributed by atoms with Crippen LogP contribution in [0.1, 0.15) is 26.9 Å².